The van der Waals surface area contributed by atoms with E-state index in [1.807, 2.05) is 0 Å². The van der Waals surface area contributed by atoms with E-state index in [-0.39, 0.29) is 0 Å². The standard InChI is InChI=1S/C11H20N2/c1-3-6-13(7-4-2)8-5-11-9-12-10-11/h1,11-12H,4-10H2,2H3. The van der Waals surface area contributed by atoms with Crippen molar-refractivity contribution in [1.82, 2.24) is 10.2 Å². The summed E-state index contributed by atoms with van der Waals surface area (Å²) in [6, 6.07) is 0. The van der Waals surface area contributed by atoms with Gasteiger partial charge >= 0.3 is 0 Å². The predicted octanol–water partition coefficient (Wildman–Crippen LogP) is 0.941. The van der Waals surface area contributed by atoms with Crippen molar-refractivity contribution in [3.05, 3.63) is 0 Å². The van der Waals surface area contributed by atoms with E-state index in [0.717, 1.165) is 19.0 Å². The van der Waals surface area contributed by atoms with Gasteiger partial charge in [0, 0.05) is 0 Å². The topological polar surface area (TPSA) is 15.3 Å². The fourth-order valence-corrected chi connectivity index (χ4v) is 1.63. The van der Waals surface area contributed by atoms with Crippen molar-refractivity contribution < 1.29 is 0 Å². The van der Waals surface area contributed by atoms with E-state index in [1.54, 1.807) is 0 Å². The fourth-order valence-electron chi connectivity index (χ4n) is 1.63. The maximum atomic E-state index is 5.31. The first kappa shape index (κ1) is 10.6. The van der Waals surface area contributed by atoms with Gasteiger partial charge in [0.25, 0.3) is 0 Å². The third-order valence-corrected chi connectivity index (χ3v) is 2.57. The highest BCUT2D eigenvalue weighted by Crippen LogP contribution is 2.09. The summed E-state index contributed by atoms with van der Waals surface area (Å²) in [5, 5.41) is 3.29. The van der Waals surface area contributed by atoms with Crippen LogP contribution in [0.25, 0.3) is 0 Å². The van der Waals surface area contributed by atoms with Gasteiger partial charge in [0.2, 0.25) is 0 Å². The van der Waals surface area contributed by atoms with Crippen molar-refractivity contribution in [2.45, 2.75) is 19.8 Å². The molecule has 1 fully saturated rings. The molecule has 13 heavy (non-hydrogen) atoms. The van der Waals surface area contributed by atoms with Gasteiger partial charge in [0.1, 0.15) is 0 Å². The minimum absolute atomic E-state index is 0.813. The predicted molar refractivity (Wildman–Crippen MR) is 56.5 cm³/mol. The molecule has 0 aromatic carbocycles. The molecular formula is C11H20N2. The van der Waals surface area contributed by atoms with Gasteiger partial charge < -0.3 is 5.32 Å². The molecule has 1 aliphatic heterocycles. The van der Waals surface area contributed by atoms with E-state index in [2.05, 4.69) is 23.1 Å². The minimum Gasteiger partial charge on any atom is -0.316 e. The van der Waals surface area contributed by atoms with E-state index >= 15 is 0 Å². The molecule has 1 heterocycles. The lowest BCUT2D eigenvalue weighted by atomic mass is 9.99. The van der Waals surface area contributed by atoms with Gasteiger partial charge in [-0.3, -0.25) is 4.90 Å². The zero-order valence-electron chi connectivity index (χ0n) is 8.55. The molecule has 74 valence electrons. The van der Waals surface area contributed by atoms with Crippen LogP contribution in [-0.4, -0.2) is 37.6 Å². The van der Waals surface area contributed by atoms with E-state index in [4.69, 9.17) is 6.42 Å². The number of terminal acetylenes is 1. The summed E-state index contributed by atoms with van der Waals surface area (Å²) in [5.74, 6) is 3.62. The summed E-state index contributed by atoms with van der Waals surface area (Å²) in [7, 11) is 0. The van der Waals surface area contributed by atoms with Gasteiger partial charge in [0.05, 0.1) is 6.54 Å². The lowest BCUT2D eigenvalue weighted by Crippen LogP contribution is -2.43. The molecule has 0 bridgehead atoms. The lowest BCUT2D eigenvalue weighted by Gasteiger charge is -2.29. The maximum Gasteiger partial charge on any atom is 0.0598 e. The number of hydrogen-bond donors (Lipinski definition) is 1. The Hall–Kier alpha value is -0.520. The first-order valence-electron chi connectivity index (χ1n) is 5.23. The second-order valence-electron chi connectivity index (χ2n) is 3.79. The van der Waals surface area contributed by atoms with Gasteiger partial charge in [-0.2, -0.15) is 0 Å². The molecular weight excluding hydrogens is 160 g/mol. The molecule has 1 saturated heterocycles. The van der Waals surface area contributed by atoms with Crippen LogP contribution in [0.1, 0.15) is 19.8 Å². The molecule has 0 amide bonds. The highest BCUT2D eigenvalue weighted by atomic mass is 15.1. The Balaban J connectivity index is 2.09. The molecule has 2 heteroatoms. The molecule has 1 N–H and O–H groups in total. The zero-order chi connectivity index (χ0) is 9.52. The van der Waals surface area contributed by atoms with E-state index in [1.165, 1.54) is 32.5 Å². The van der Waals surface area contributed by atoms with Crippen molar-refractivity contribution in [2.24, 2.45) is 5.92 Å². The second-order valence-corrected chi connectivity index (χ2v) is 3.79. The SMILES string of the molecule is C#CCN(CCC)CCC1CNC1. The van der Waals surface area contributed by atoms with Gasteiger partial charge in [-0.25, -0.2) is 0 Å². The summed E-state index contributed by atoms with van der Waals surface area (Å²) >= 11 is 0. The molecule has 0 aromatic rings. The largest absolute Gasteiger partial charge is 0.316 e. The molecule has 2 nitrogen and oxygen atoms in total. The van der Waals surface area contributed by atoms with Gasteiger partial charge in [-0.15, -0.1) is 6.42 Å². The van der Waals surface area contributed by atoms with Crippen molar-refractivity contribution in [1.29, 1.82) is 0 Å². The summed E-state index contributed by atoms with van der Waals surface area (Å²) in [6.45, 7) is 7.74. The molecule has 1 rings (SSSR count). The summed E-state index contributed by atoms with van der Waals surface area (Å²) in [6.07, 6.45) is 7.81. The third-order valence-electron chi connectivity index (χ3n) is 2.57. The molecule has 0 aromatic heterocycles. The average molecular weight is 180 g/mol. The van der Waals surface area contributed by atoms with Crippen LogP contribution in [0.4, 0.5) is 0 Å². The molecule has 0 radical (unpaired) electrons. The Morgan fingerprint density at radius 1 is 1.46 bits per heavy atom. The van der Waals surface area contributed by atoms with Crippen LogP contribution in [0.15, 0.2) is 0 Å². The fraction of sp³-hybridized carbons (Fsp3) is 0.818. The van der Waals surface area contributed by atoms with Crippen LogP contribution >= 0.6 is 0 Å². The van der Waals surface area contributed by atoms with Crippen molar-refractivity contribution in [3.8, 4) is 12.3 Å². The normalized spacial score (nSPS) is 17.0. The molecule has 0 atom stereocenters. The smallest absolute Gasteiger partial charge is 0.0598 e. The van der Waals surface area contributed by atoms with Crippen LogP contribution in [0.3, 0.4) is 0 Å². The Labute approximate surface area is 81.7 Å². The van der Waals surface area contributed by atoms with Crippen LogP contribution in [0, 0.1) is 18.3 Å². The molecule has 0 spiro atoms. The van der Waals surface area contributed by atoms with Crippen LogP contribution in [0.5, 0.6) is 0 Å². The van der Waals surface area contributed by atoms with Crippen LogP contribution in [0.2, 0.25) is 0 Å². The molecule has 0 saturated carbocycles. The quantitative estimate of drug-likeness (QED) is 0.612. The maximum absolute atomic E-state index is 5.31. The Kier molecular flexibility index (Phi) is 4.88. The van der Waals surface area contributed by atoms with E-state index < -0.39 is 0 Å². The summed E-state index contributed by atoms with van der Waals surface area (Å²) in [5.41, 5.74) is 0. The zero-order valence-corrected chi connectivity index (χ0v) is 8.55. The molecule has 0 aliphatic carbocycles. The first-order chi connectivity index (χ1) is 6.36. The molecule has 1 aliphatic rings. The van der Waals surface area contributed by atoms with Crippen molar-refractivity contribution >= 4 is 0 Å². The van der Waals surface area contributed by atoms with Crippen LogP contribution < -0.4 is 5.32 Å². The Morgan fingerprint density at radius 2 is 2.23 bits per heavy atom. The van der Waals surface area contributed by atoms with Crippen molar-refractivity contribution in [3.63, 3.8) is 0 Å². The van der Waals surface area contributed by atoms with Gasteiger partial charge in [-0.1, -0.05) is 12.8 Å². The van der Waals surface area contributed by atoms with E-state index in [9.17, 15) is 0 Å². The summed E-state index contributed by atoms with van der Waals surface area (Å²) < 4.78 is 0. The highest BCUT2D eigenvalue weighted by molar-refractivity contribution is 4.88. The number of nitrogens with one attached hydrogen (secondary N) is 1. The number of rotatable bonds is 6. The van der Waals surface area contributed by atoms with Gasteiger partial charge in [0.15, 0.2) is 0 Å². The average Bonchev–Trinajstić information content (AvgIpc) is 2.02. The Morgan fingerprint density at radius 3 is 2.69 bits per heavy atom. The number of nitrogens with zero attached hydrogens (tertiary/aromatic N) is 1. The van der Waals surface area contributed by atoms with Gasteiger partial charge in [-0.05, 0) is 44.9 Å². The van der Waals surface area contributed by atoms with Crippen molar-refractivity contribution in [2.75, 3.05) is 32.7 Å². The highest BCUT2D eigenvalue weighted by Gasteiger charge is 2.16. The number of hydrogen-bond acceptors (Lipinski definition) is 2. The minimum atomic E-state index is 0.813. The van der Waals surface area contributed by atoms with E-state index in [0.29, 0.717) is 0 Å². The summed E-state index contributed by atoms with van der Waals surface area (Å²) in [4.78, 5) is 2.37. The second kappa shape index (κ2) is 6.01. The third kappa shape index (κ3) is 3.80. The van der Waals surface area contributed by atoms with Crippen LogP contribution in [-0.2, 0) is 0 Å². The Bertz CT molecular complexity index is 167. The molecule has 0 unspecified atom stereocenters. The monoisotopic (exact) mass is 180 g/mol. The lowest BCUT2D eigenvalue weighted by molar-refractivity contribution is 0.244. The first-order valence-corrected chi connectivity index (χ1v) is 5.23.